The molecule has 1 rings (SSSR count). The molecule has 0 fully saturated rings. The Balaban J connectivity index is 2.76. The number of benzene rings is 1. The summed E-state index contributed by atoms with van der Waals surface area (Å²) >= 11 is 0. The third kappa shape index (κ3) is 4.75. The van der Waals surface area contributed by atoms with Crippen molar-refractivity contribution in [2.75, 3.05) is 5.32 Å². The highest BCUT2D eigenvalue weighted by atomic mass is 16.2. The molecule has 5 nitrogen and oxygen atoms in total. The predicted molar refractivity (Wildman–Crippen MR) is 79.1 cm³/mol. The van der Waals surface area contributed by atoms with Crippen molar-refractivity contribution in [2.45, 2.75) is 32.4 Å². The van der Waals surface area contributed by atoms with E-state index in [4.69, 9.17) is 12.2 Å². The molecule has 1 aromatic carbocycles. The summed E-state index contributed by atoms with van der Waals surface area (Å²) in [7, 11) is 0. The highest BCUT2D eigenvalue weighted by molar-refractivity contribution is 5.98. The van der Waals surface area contributed by atoms with Gasteiger partial charge in [-0.1, -0.05) is 6.07 Å². The number of anilines is 1. The van der Waals surface area contributed by atoms with Crippen LogP contribution in [0.4, 0.5) is 5.69 Å². The van der Waals surface area contributed by atoms with Crippen molar-refractivity contribution in [2.24, 2.45) is 5.73 Å². The Bertz CT molecular complexity index is 532. The van der Waals surface area contributed by atoms with Crippen LogP contribution in [0, 0.1) is 12.3 Å². The number of hydrogen-bond donors (Lipinski definition) is 3. The van der Waals surface area contributed by atoms with E-state index in [1.54, 1.807) is 24.3 Å². The molecule has 0 aliphatic rings. The van der Waals surface area contributed by atoms with Crippen LogP contribution in [-0.4, -0.2) is 23.9 Å². The van der Waals surface area contributed by atoms with Crippen LogP contribution < -0.4 is 16.4 Å². The SMILES string of the molecule is C#CCC(N)C(=O)Nc1cccc(C(=O)NC(C)C)c1. The van der Waals surface area contributed by atoms with E-state index in [0.29, 0.717) is 11.3 Å². The summed E-state index contributed by atoms with van der Waals surface area (Å²) in [6, 6.07) is 5.94. The van der Waals surface area contributed by atoms with Gasteiger partial charge in [-0.25, -0.2) is 0 Å². The van der Waals surface area contributed by atoms with Crippen LogP contribution in [0.15, 0.2) is 24.3 Å². The lowest BCUT2D eigenvalue weighted by molar-refractivity contribution is -0.117. The zero-order valence-corrected chi connectivity index (χ0v) is 11.6. The van der Waals surface area contributed by atoms with Gasteiger partial charge < -0.3 is 16.4 Å². The Hall–Kier alpha value is -2.32. The van der Waals surface area contributed by atoms with Crippen LogP contribution in [0.5, 0.6) is 0 Å². The highest BCUT2D eigenvalue weighted by Gasteiger charge is 2.13. The Morgan fingerprint density at radius 3 is 2.70 bits per heavy atom. The van der Waals surface area contributed by atoms with Gasteiger partial charge >= 0.3 is 0 Å². The highest BCUT2D eigenvalue weighted by Crippen LogP contribution is 2.11. The molecule has 1 atom stereocenters. The van der Waals surface area contributed by atoms with Crippen molar-refractivity contribution in [3.8, 4) is 12.3 Å². The molecular formula is C15H19N3O2. The first-order valence-corrected chi connectivity index (χ1v) is 6.35. The normalized spacial score (nSPS) is 11.6. The average Bonchev–Trinajstić information content (AvgIpc) is 2.38. The molecule has 0 saturated heterocycles. The minimum Gasteiger partial charge on any atom is -0.350 e. The summed E-state index contributed by atoms with van der Waals surface area (Å²) in [4.78, 5) is 23.6. The Morgan fingerprint density at radius 2 is 2.10 bits per heavy atom. The van der Waals surface area contributed by atoms with Gasteiger partial charge in [-0.2, -0.15) is 0 Å². The molecule has 106 valence electrons. The zero-order valence-electron chi connectivity index (χ0n) is 11.6. The molecule has 4 N–H and O–H groups in total. The summed E-state index contributed by atoms with van der Waals surface area (Å²) in [6.45, 7) is 3.75. The lowest BCUT2D eigenvalue weighted by atomic mass is 10.1. The van der Waals surface area contributed by atoms with Gasteiger partial charge in [0.15, 0.2) is 0 Å². The second-order valence-electron chi connectivity index (χ2n) is 4.71. The first kappa shape index (κ1) is 15.7. The van der Waals surface area contributed by atoms with Gasteiger partial charge in [-0.15, -0.1) is 12.3 Å². The van der Waals surface area contributed by atoms with Crippen molar-refractivity contribution in [1.82, 2.24) is 5.32 Å². The van der Waals surface area contributed by atoms with E-state index in [2.05, 4.69) is 16.6 Å². The summed E-state index contributed by atoms with van der Waals surface area (Å²) in [5, 5.41) is 5.42. The molecule has 0 radical (unpaired) electrons. The number of carbonyl (C=O) groups excluding carboxylic acids is 2. The second-order valence-corrected chi connectivity index (χ2v) is 4.71. The van der Waals surface area contributed by atoms with Crippen molar-refractivity contribution in [3.63, 3.8) is 0 Å². The smallest absolute Gasteiger partial charge is 0.251 e. The maximum Gasteiger partial charge on any atom is 0.251 e. The standard InChI is InChI=1S/C15H19N3O2/c1-4-6-13(16)15(20)18-12-8-5-7-11(9-12)14(19)17-10(2)3/h1,5,7-10,13H,6,16H2,2-3H3,(H,17,19)(H,18,20). The van der Waals surface area contributed by atoms with E-state index < -0.39 is 6.04 Å². The zero-order chi connectivity index (χ0) is 15.1. The number of hydrogen-bond acceptors (Lipinski definition) is 3. The lowest BCUT2D eigenvalue weighted by Gasteiger charge is -2.12. The van der Waals surface area contributed by atoms with Gasteiger partial charge in [0.05, 0.1) is 6.04 Å². The fourth-order valence-corrected chi connectivity index (χ4v) is 1.54. The maximum absolute atomic E-state index is 11.9. The monoisotopic (exact) mass is 273 g/mol. The van der Waals surface area contributed by atoms with E-state index in [9.17, 15) is 9.59 Å². The third-order valence-electron chi connectivity index (χ3n) is 2.49. The minimum atomic E-state index is -0.756. The summed E-state index contributed by atoms with van der Waals surface area (Å²) in [5.41, 5.74) is 6.59. The molecule has 1 aromatic rings. The maximum atomic E-state index is 11.9. The van der Waals surface area contributed by atoms with Crippen molar-refractivity contribution in [3.05, 3.63) is 29.8 Å². The van der Waals surface area contributed by atoms with Crippen LogP contribution >= 0.6 is 0 Å². The third-order valence-corrected chi connectivity index (χ3v) is 2.49. The Morgan fingerprint density at radius 1 is 1.40 bits per heavy atom. The Labute approximate surface area is 118 Å². The van der Waals surface area contributed by atoms with Crippen LogP contribution in [0.1, 0.15) is 30.6 Å². The number of amides is 2. The first-order valence-electron chi connectivity index (χ1n) is 6.35. The largest absolute Gasteiger partial charge is 0.350 e. The topological polar surface area (TPSA) is 84.2 Å². The van der Waals surface area contributed by atoms with Crippen LogP contribution in [0.3, 0.4) is 0 Å². The lowest BCUT2D eigenvalue weighted by Crippen LogP contribution is -2.35. The number of carbonyl (C=O) groups is 2. The fourth-order valence-electron chi connectivity index (χ4n) is 1.54. The molecule has 5 heteroatoms. The van der Waals surface area contributed by atoms with Gasteiger partial charge in [0.25, 0.3) is 5.91 Å². The van der Waals surface area contributed by atoms with Crippen molar-refractivity contribution < 1.29 is 9.59 Å². The molecule has 0 aromatic heterocycles. The molecular weight excluding hydrogens is 254 g/mol. The van der Waals surface area contributed by atoms with Gasteiger partial charge in [-0.05, 0) is 32.0 Å². The number of rotatable bonds is 5. The van der Waals surface area contributed by atoms with Crippen LogP contribution in [0.25, 0.3) is 0 Å². The summed E-state index contributed by atoms with van der Waals surface area (Å²) < 4.78 is 0. The number of terminal acetylenes is 1. The van der Waals surface area contributed by atoms with Crippen molar-refractivity contribution >= 4 is 17.5 Å². The molecule has 1 unspecified atom stereocenters. The first-order chi connectivity index (χ1) is 9.43. The summed E-state index contributed by atoms with van der Waals surface area (Å²) in [6.07, 6.45) is 5.27. The molecule has 20 heavy (non-hydrogen) atoms. The van der Waals surface area contributed by atoms with Crippen LogP contribution in [-0.2, 0) is 4.79 Å². The van der Waals surface area contributed by atoms with E-state index >= 15 is 0 Å². The molecule has 0 heterocycles. The molecule has 0 bridgehead atoms. The summed E-state index contributed by atoms with van der Waals surface area (Å²) in [5.74, 6) is 1.77. The second kappa shape index (κ2) is 7.31. The van der Waals surface area contributed by atoms with Gasteiger partial charge in [0.2, 0.25) is 5.91 Å². The molecule has 0 spiro atoms. The van der Waals surface area contributed by atoms with Gasteiger partial charge in [0.1, 0.15) is 0 Å². The predicted octanol–water partition coefficient (Wildman–Crippen LogP) is 1.11. The molecule has 0 aliphatic heterocycles. The average molecular weight is 273 g/mol. The van der Waals surface area contributed by atoms with E-state index in [1.165, 1.54) is 0 Å². The Kier molecular flexibility index (Phi) is 5.75. The molecule has 0 aliphatic carbocycles. The van der Waals surface area contributed by atoms with Crippen LogP contribution in [0.2, 0.25) is 0 Å². The van der Waals surface area contributed by atoms with E-state index in [1.807, 2.05) is 13.8 Å². The molecule has 0 saturated carbocycles. The van der Waals surface area contributed by atoms with E-state index in [-0.39, 0.29) is 24.3 Å². The van der Waals surface area contributed by atoms with E-state index in [0.717, 1.165) is 0 Å². The quantitative estimate of drug-likeness (QED) is 0.703. The van der Waals surface area contributed by atoms with Crippen molar-refractivity contribution in [1.29, 1.82) is 0 Å². The number of nitrogens with one attached hydrogen (secondary N) is 2. The molecule has 2 amide bonds. The minimum absolute atomic E-state index is 0.0461. The number of nitrogens with two attached hydrogens (primary N) is 1. The fraction of sp³-hybridized carbons (Fsp3) is 0.333. The van der Waals surface area contributed by atoms with Gasteiger partial charge in [0, 0.05) is 23.7 Å². The van der Waals surface area contributed by atoms with Gasteiger partial charge in [-0.3, -0.25) is 9.59 Å².